The first-order valence-electron chi connectivity index (χ1n) is 20.4. The van der Waals surface area contributed by atoms with Crippen LogP contribution in [0, 0.1) is 5.92 Å². The molecule has 1 spiro atoms. The first-order chi connectivity index (χ1) is 29.5. The maximum atomic E-state index is 16.4. The number of nitrogens with zero attached hydrogens (tertiary/aromatic N) is 3. The molecular weight excluding hydrogens is 790 g/mol. The van der Waals surface area contributed by atoms with Gasteiger partial charge in [-0.25, -0.2) is 0 Å². The van der Waals surface area contributed by atoms with Crippen LogP contribution in [0.1, 0.15) is 45.2 Å². The Bertz CT molecular complexity index is 2760. The molecule has 4 aliphatic heterocycles. The predicted molar refractivity (Wildman–Crippen MR) is 233 cm³/mol. The number of para-hydroxylation sites is 6. The van der Waals surface area contributed by atoms with Crippen LogP contribution < -0.4 is 24.2 Å². The first-order valence-corrected chi connectivity index (χ1v) is 23.4. The van der Waals surface area contributed by atoms with Crippen LogP contribution >= 0.6 is 0 Å². The number of hydrogen-bond acceptors (Lipinski definition) is 7. The van der Waals surface area contributed by atoms with Gasteiger partial charge in [0.1, 0.15) is 11.5 Å². The molecule has 10 nitrogen and oxygen atoms in total. The number of hydrogen-bond donors (Lipinski definition) is 1. The van der Waals surface area contributed by atoms with Gasteiger partial charge in [0, 0.05) is 35.0 Å². The van der Waals surface area contributed by atoms with Crippen LogP contribution in [0.15, 0.2) is 140 Å². The minimum absolute atomic E-state index is 0.137. The van der Waals surface area contributed by atoms with Crippen LogP contribution in [0.3, 0.4) is 0 Å². The number of rotatable bonds is 7. The zero-order chi connectivity index (χ0) is 42.2. The van der Waals surface area contributed by atoms with Crippen molar-refractivity contribution in [2.24, 2.45) is 5.92 Å². The van der Waals surface area contributed by atoms with E-state index in [1.54, 1.807) is 70.3 Å². The molecule has 306 valence electrons. The lowest BCUT2D eigenvalue weighted by molar-refractivity contribution is -0.146. The number of anilines is 5. The van der Waals surface area contributed by atoms with Crippen molar-refractivity contribution in [3.05, 3.63) is 162 Å². The smallest absolute Gasteiger partial charge is 0.266 e. The Morgan fingerprint density at radius 3 is 1.72 bits per heavy atom. The fraction of sp³-hybridized carbons (Fsp3) is 0.204. The van der Waals surface area contributed by atoms with Crippen LogP contribution in [-0.4, -0.2) is 43.9 Å². The molecule has 12 heteroatoms. The largest absolute Gasteiger partial charge is 0.454 e. The molecule has 3 amide bonds. The van der Waals surface area contributed by atoms with Gasteiger partial charge in [0.2, 0.25) is 8.41 Å². The Hall–Kier alpha value is -6.60. The lowest BCUT2D eigenvalue weighted by Crippen LogP contribution is -2.45. The number of halogens is 1. The summed E-state index contributed by atoms with van der Waals surface area (Å²) in [7, 11) is -3.49. The average Bonchev–Trinajstić information content (AvgIpc) is 3.57. The summed E-state index contributed by atoms with van der Waals surface area (Å²) in [6.07, 6.45) is -0.545. The number of aliphatic hydroxyl groups excluding tert-OH is 1. The van der Waals surface area contributed by atoms with E-state index in [1.165, 1.54) is 0 Å². The van der Waals surface area contributed by atoms with Gasteiger partial charge in [0.25, 0.3) is 17.7 Å². The number of benzene rings is 6. The Kier molecular flexibility index (Phi) is 9.20. The van der Waals surface area contributed by atoms with Crippen molar-refractivity contribution in [2.75, 3.05) is 21.3 Å². The van der Waals surface area contributed by atoms with Crippen molar-refractivity contribution in [1.29, 1.82) is 0 Å². The lowest BCUT2D eigenvalue weighted by atomic mass is 9.82. The van der Waals surface area contributed by atoms with Gasteiger partial charge in [-0.2, -0.15) is 0 Å². The Labute approximate surface area is 353 Å². The number of carbonyl (C=O) groups excluding carboxylic acids is 3. The molecule has 10 rings (SSSR count). The van der Waals surface area contributed by atoms with E-state index in [2.05, 4.69) is 0 Å². The highest BCUT2D eigenvalue weighted by Crippen LogP contribution is 2.61. The van der Waals surface area contributed by atoms with E-state index in [0.717, 1.165) is 5.56 Å². The van der Waals surface area contributed by atoms with E-state index >= 15 is 8.90 Å². The van der Waals surface area contributed by atoms with Crippen LogP contribution in [0.25, 0.3) is 0 Å². The van der Waals surface area contributed by atoms with Crippen molar-refractivity contribution in [3.63, 3.8) is 0 Å². The molecule has 0 saturated carbocycles. The highest BCUT2D eigenvalue weighted by atomic mass is 28.4. The van der Waals surface area contributed by atoms with Crippen LogP contribution in [0.5, 0.6) is 23.0 Å². The summed E-state index contributed by atoms with van der Waals surface area (Å²) >= 11 is 0. The van der Waals surface area contributed by atoms with Gasteiger partial charge in [-0.15, -0.1) is 0 Å². The number of ether oxygens (including phenoxy) is 3. The highest BCUT2D eigenvalue weighted by molar-refractivity contribution is 6.72. The van der Waals surface area contributed by atoms with Crippen LogP contribution in [0.2, 0.25) is 18.6 Å². The number of carbonyl (C=O) groups is 3. The maximum Gasteiger partial charge on any atom is 0.266 e. The standard InChI is InChI=1S/C49H42FN3O7Si/c1-30-45(61(2,3)50)44(26-27-54)60-49(30)36-28-33(53-39-15-7-11-19-43(39)59-41-17-9-5-13-35(41)47(53)56)24-25-37(36)51(48(49)57)29-31-20-22-32(23-21-31)52-38-14-6-10-18-42(38)58-40-16-8-4-12-34(40)46(52)55/h4-25,28,30,44-45,54H,26-27,29H2,1-3H3/t30-,44+,45-,49+/m1/s1. The summed E-state index contributed by atoms with van der Waals surface area (Å²) in [6, 6.07) is 41.8. The molecule has 6 aromatic rings. The molecule has 1 N–H and O–H groups in total. The molecule has 0 aliphatic carbocycles. The van der Waals surface area contributed by atoms with E-state index in [4.69, 9.17) is 14.2 Å². The molecule has 61 heavy (non-hydrogen) atoms. The molecule has 0 radical (unpaired) electrons. The van der Waals surface area contributed by atoms with Crippen LogP contribution in [-0.2, 0) is 21.7 Å². The van der Waals surface area contributed by atoms with Crippen molar-refractivity contribution >= 4 is 54.6 Å². The van der Waals surface area contributed by atoms with E-state index in [1.807, 2.05) is 104 Å². The first kappa shape index (κ1) is 38.6. The minimum atomic E-state index is -3.49. The number of aliphatic hydroxyl groups is 1. The van der Waals surface area contributed by atoms with Crippen molar-refractivity contribution < 1.29 is 37.8 Å². The zero-order valence-corrected chi connectivity index (χ0v) is 34.7. The van der Waals surface area contributed by atoms with Gasteiger partial charge in [-0.3, -0.25) is 24.2 Å². The summed E-state index contributed by atoms with van der Waals surface area (Å²) in [5, 5.41) is 10.2. The second kappa shape index (κ2) is 14.5. The third-order valence-electron chi connectivity index (χ3n) is 12.4. The van der Waals surface area contributed by atoms with E-state index in [-0.39, 0.29) is 37.3 Å². The second-order valence-electron chi connectivity index (χ2n) is 16.5. The van der Waals surface area contributed by atoms with Crippen LogP contribution in [0.4, 0.5) is 32.5 Å². The summed E-state index contributed by atoms with van der Waals surface area (Å²) in [5.74, 6) is 0.403. The van der Waals surface area contributed by atoms with Gasteiger partial charge in [-0.1, -0.05) is 67.6 Å². The topological polar surface area (TPSA) is 109 Å². The quantitative estimate of drug-likeness (QED) is 0.126. The summed E-state index contributed by atoms with van der Waals surface area (Å²) < 4.78 is 35.8. The van der Waals surface area contributed by atoms with E-state index in [9.17, 15) is 14.7 Å². The van der Waals surface area contributed by atoms with E-state index in [0.29, 0.717) is 68.1 Å². The molecule has 4 aliphatic rings. The minimum Gasteiger partial charge on any atom is -0.454 e. The van der Waals surface area contributed by atoms with Gasteiger partial charge >= 0.3 is 0 Å². The van der Waals surface area contributed by atoms with Gasteiger partial charge in [-0.05, 0) is 104 Å². The SMILES string of the molecule is C[C@@H]1[C@@H]([Si](C)(C)F)[C@H](CCO)O[C@@]12C(=O)N(Cc1ccc(N3C(=O)c4ccccc4Oc4ccccc43)cc1)c1ccc(N3C(=O)c4ccccc4Oc4ccccc43)cc12. The zero-order valence-electron chi connectivity index (χ0n) is 33.7. The molecule has 1 saturated heterocycles. The normalized spacial score (nSPS) is 21.5. The third-order valence-corrected chi connectivity index (χ3v) is 14.9. The summed E-state index contributed by atoms with van der Waals surface area (Å²) in [5.41, 5.74) is 2.67. The Morgan fingerprint density at radius 1 is 0.656 bits per heavy atom. The molecule has 0 unspecified atom stereocenters. The summed E-state index contributed by atoms with van der Waals surface area (Å²) in [4.78, 5) is 48.8. The highest BCUT2D eigenvalue weighted by Gasteiger charge is 2.66. The molecule has 6 aromatic carbocycles. The maximum absolute atomic E-state index is 16.4. The molecular formula is C49H42FN3O7Si. The Morgan fingerprint density at radius 2 is 1.16 bits per heavy atom. The predicted octanol–water partition coefficient (Wildman–Crippen LogP) is 10.6. The number of fused-ring (bicyclic) bond motifs is 6. The fourth-order valence-corrected chi connectivity index (χ4v) is 12.3. The average molecular weight is 832 g/mol. The van der Waals surface area contributed by atoms with E-state index < -0.39 is 31.6 Å². The fourth-order valence-electron chi connectivity index (χ4n) is 9.79. The van der Waals surface area contributed by atoms with Gasteiger partial charge < -0.3 is 28.3 Å². The van der Waals surface area contributed by atoms with Gasteiger partial charge in [0.15, 0.2) is 17.1 Å². The van der Waals surface area contributed by atoms with Crippen molar-refractivity contribution in [2.45, 2.75) is 50.2 Å². The monoisotopic (exact) mass is 831 g/mol. The molecule has 0 aromatic heterocycles. The second-order valence-corrected chi connectivity index (χ2v) is 20.3. The molecule has 4 heterocycles. The number of amides is 3. The van der Waals surface area contributed by atoms with Crippen molar-refractivity contribution in [1.82, 2.24) is 0 Å². The van der Waals surface area contributed by atoms with Crippen molar-refractivity contribution in [3.8, 4) is 23.0 Å². The van der Waals surface area contributed by atoms with Gasteiger partial charge in [0.05, 0.1) is 40.8 Å². The molecule has 0 bridgehead atoms. The summed E-state index contributed by atoms with van der Waals surface area (Å²) in [6.45, 7) is 5.03. The Balaban J connectivity index is 1.07. The lowest BCUT2D eigenvalue weighted by Gasteiger charge is -2.31. The third kappa shape index (κ3) is 6.07. The molecule has 1 fully saturated rings. The molecule has 4 atom stereocenters.